The van der Waals surface area contributed by atoms with E-state index in [1.165, 1.54) is 38.8 Å². The number of rotatable bonds is 4. The Morgan fingerprint density at radius 3 is 2.58 bits per heavy atom. The first-order valence-electron chi connectivity index (χ1n) is 12.4. The molecule has 1 N–H and O–H groups in total. The Morgan fingerprint density at radius 2 is 1.88 bits per heavy atom. The molecule has 1 saturated carbocycles. The highest BCUT2D eigenvalue weighted by Gasteiger charge is 2.46. The number of hydrogen-bond acceptors (Lipinski definition) is 3. The third kappa shape index (κ3) is 4.85. The van der Waals surface area contributed by atoms with Crippen LogP contribution in [0.15, 0.2) is 18.2 Å². The summed E-state index contributed by atoms with van der Waals surface area (Å²) in [5, 5.41) is 3.71. The van der Waals surface area contributed by atoms with Crippen molar-refractivity contribution in [2.75, 3.05) is 31.5 Å². The van der Waals surface area contributed by atoms with Crippen molar-refractivity contribution < 1.29 is 9.59 Å². The Kier molecular flexibility index (Phi) is 6.53. The average Bonchev–Trinajstić information content (AvgIpc) is 3.57. The molecule has 0 radical (unpaired) electrons. The van der Waals surface area contributed by atoms with Crippen LogP contribution in [-0.2, 0) is 4.79 Å². The molecule has 0 bridgehead atoms. The van der Waals surface area contributed by atoms with Crippen LogP contribution in [0.3, 0.4) is 0 Å². The molecular formula is C25H34Cl2N4O2. The first-order chi connectivity index (χ1) is 15.8. The van der Waals surface area contributed by atoms with Gasteiger partial charge in [-0.25, -0.2) is 4.79 Å². The Bertz CT molecular complexity index is 912. The lowest BCUT2D eigenvalue weighted by molar-refractivity contribution is -0.149. The number of piperazine rings is 1. The normalized spacial score (nSPS) is 29.2. The van der Waals surface area contributed by atoms with Gasteiger partial charge in [-0.2, -0.15) is 0 Å². The van der Waals surface area contributed by atoms with Crippen LogP contribution >= 0.6 is 23.2 Å². The summed E-state index contributed by atoms with van der Waals surface area (Å²) in [7, 11) is 0. The third-order valence-electron chi connectivity index (χ3n) is 8.43. The van der Waals surface area contributed by atoms with Gasteiger partial charge in [-0.05, 0) is 95.0 Å². The lowest BCUT2D eigenvalue weighted by Crippen LogP contribution is -2.66. The lowest BCUT2D eigenvalue weighted by Gasteiger charge is -2.50. The van der Waals surface area contributed by atoms with Gasteiger partial charge in [0.15, 0.2) is 0 Å². The predicted octanol–water partition coefficient (Wildman–Crippen LogP) is 5.25. The van der Waals surface area contributed by atoms with Gasteiger partial charge in [0.2, 0.25) is 5.91 Å². The summed E-state index contributed by atoms with van der Waals surface area (Å²) in [6.07, 6.45) is 9.74. The van der Waals surface area contributed by atoms with E-state index in [-0.39, 0.29) is 24.0 Å². The molecule has 3 atom stereocenters. The van der Waals surface area contributed by atoms with Crippen molar-refractivity contribution in [1.82, 2.24) is 14.7 Å². The zero-order chi connectivity index (χ0) is 23.2. The summed E-state index contributed by atoms with van der Waals surface area (Å²) in [5.74, 6) is 0.0795. The Labute approximate surface area is 206 Å². The second-order valence-corrected chi connectivity index (χ2v) is 11.3. The van der Waals surface area contributed by atoms with Gasteiger partial charge in [0.1, 0.15) is 6.04 Å². The maximum absolute atomic E-state index is 13.4. The maximum Gasteiger partial charge on any atom is 0.322 e. The highest BCUT2D eigenvalue weighted by Crippen LogP contribution is 2.53. The minimum absolute atomic E-state index is 0.0795. The van der Waals surface area contributed by atoms with Gasteiger partial charge in [0.05, 0.1) is 10.0 Å². The molecule has 3 saturated heterocycles. The van der Waals surface area contributed by atoms with Crippen LogP contribution < -0.4 is 5.32 Å². The number of urea groups is 1. The standard InChI is InChI=1S/C25H34Cl2N4O2/c1-17-23(32)31-19(7-12-29-13-10-25(8-9-25)11-14-29)3-2-4-20(31)16-30(17)24(33)28-18-5-6-21(26)22(27)15-18/h5-6,15,17,19-20H,2-4,7-14,16H2,1H3,(H,28,33). The van der Waals surface area contributed by atoms with Crippen LogP contribution in [0.2, 0.25) is 10.0 Å². The molecule has 5 rings (SSSR count). The van der Waals surface area contributed by atoms with E-state index in [0.717, 1.165) is 32.2 Å². The molecule has 1 aromatic rings. The van der Waals surface area contributed by atoms with E-state index in [1.807, 2.05) is 6.92 Å². The molecule has 3 amide bonds. The number of carbonyl (C=O) groups excluding carboxylic acids is 2. The molecule has 3 heterocycles. The van der Waals surface area contributed by atoms with Crippen LogP contribution in [0.4, 0.5) is 10.5 Å². The first kappa shape index (κ1) is 23.3. The number of benzene rings is 1. The van der Waals surface area contributed by atoms with Gasteiger partial charge in [0, 0.05) is 30.9 Å². The van der Waals surface area contributed by atoms with Crippen molar-refractivity contribution in [1.29, 1.82) is 0 Å². The summed E-state index contributed by atoms with van der Waals surface area (Å²) >= 11 is 12.1. The number of nitrogens with zero attached hydrogens (tertiary/aromatic N) is 3. The SMILES string of the molecule is CC1C(=O)N2C(CCN3CCC4(CC3)CC4)CCCC2CN1C(=O)Nc1ccc(Cl)c(Cl)c1. The maximum atomic E-state index is 13.4. The van der Waals surface area contributed by atoms with Crippen molar-refractivity contribution in [3.63, 3.8) is 0 Å². The van der Waals surface area contributed by atoms with Gasteiger partial charge in [-0.15, -0.1) is 0 Å². The topological polar surface area (TPSA) is 55.9 Å². The number of piperidine rings is 2. The first-order valence-corrected chi connectivity index (χ1v) is 13.2. The molecule has 1 spiro atoms. The minimum Gasteiger partial charge on any atom is -0.333 e. The number of anilines is 1. The zero-order valence-electron chi connectivity index (χ0n) is 19.4. The van der Waals surface area contributed by atoms with Crippen LogP contribution in [0.25, 0.3) is 0 Å². The molecule has 6 nitrogen and oxygen atoms in total. The summed E-state index contributed by atoms with van der Waals surface area (Å²) in [6.45, 7) is 5.92. The van der Waals surface area contributed by atoms with Crippen LogP contribution in [0, 0.1) is 5.41 Å². The summed E-state index contributed by atoms with van der Waals surface area (Å²) in [6, 6.07) is 4.65. The van der Waals surface area contributed by atoms with E-state index in [9.17, 15) is 9.59 Å². The Morgan fingerprint density at radius 1 is 1.12 bits per heavy atom. The van der Waals surface area contributed by atoms with Crippen molar-refractivity contribution in [3.05, 3.63) is 28.2 Å². The molecule has 33 heavy (non-hydrogen) atoms. The van der Waals surface area contributed by atoms with Crippen LogP contribution in [-0.4, -0.2) is 70.9 Å². The summed E-state index contributed by atoms with van der Waals surface area (Å²) in [5.41, 5.74) is 1.28. The van der Waals surface area contributed by atoms with Gasteiger partial charge in [-0.3, -0.25) is 4.79 Å². The lowest BCUT2D eigenvalue weighted by atomic mass is 9.89. The second kappa shape index (κ2) is 9.27. The van der Waals surface area contributed by atoms with Gasteiger partial charge in [0.25, 0.3) is 0 Å². The van der Waals surface area contributed by atoms with E-state index in [0.29, 0.717) is 27.7 Å². The molecule has 8 heteroatoms. The van der Waals surface area contributed by atoms with E-state index in [1.54, 1.807) is 23.1 Å². The smallest absolute Gasteiger partial charge is 0.322 e. The second-order valence-electron chi connectivity index (χ2n) is 10.5. The summed E-state index contributed by atoms with van der Waals surface area (Å²) in [4.78, 5) is 32.9. The third-order valence-corrected chi connectivity index (χ3v) is 9.17. The molecule has 1 aromatic carbocycles. The largest absolute Gasteiger partial charge is 0.333 e. The van der Waals surface area contributed by atoms with E-state index in [4.69, 9.17) is 23.2 Å². The molecular weight excluding hydrogens is 459 g/mol. The number of halogens is 2. The van der Waals surface area contributed by atoms with Crippen molar-refractivity contribution in [3.8, 4) is 0 Å². The number of nitrogens with one attached hydrogen (secondary N) is 1. The zero-order valence-corrected chi connectivity index (χ0v) is 20.9. The monoisotopic (exact) mass is 492 g/mol. The van der Waals surface area contributed by atoms with Crippen LogP contribution in [0.1, 0.15) is 58.3 Å². The fourth-order valence-electron chi connectivity index (χ4n) is 6.01. The molecule has 180 valence electrons. The quantitative estimate of drug-likeness (QED) is 0.624. The Hall–Kier alpha value is -1.50. The van der Waals surface area contributed by atoms with Gasteiger partial charge >= 0.3 is 6.03 Å². The number of hydrogen-bond donors (Lipinski definition) is 1. The molecule has 1 aliphatic carbocycles. The molecule has 3 unspecified atom stereocenters. The fraction of sp³-hybridized carbons (Fsp3) is 0.680. The fourth-order valence-corrected chi connectivity index (χ4v) is 6.31. The van der Waals surface area contributed by atoms with Gasteiger partial charge < -0.3 is 20.0 Å². The molecule has 0 aromatic heterocycles. The van der Waals surface area contributed by atoms with Crippen molar-refractivity contribution >= 4 is 40.8 Å². The number of likely N-dealkylation sites (tertiary alicyclic amines) is 1. The number of carbonyl (C=O) groups is 2. The van der Waals surface area contributed by atoms with Crippen molar-refractivity contribution in [2.45, 2.75) is 76.4 Å². The van der Waals surface area contributed by atoms with E-state index < -0.39 is 6.04 Å². The number of amides is 3. The Balaban J connectivity index is 1.19. The highest BCUT2D eigenvalue weighted by atomic mass is 35.5. The number of fused-ring (bicyclic) bond motifs is 1. The van der Waals surface area contributed by atoms with E-state index >= 15 is 0 Å². The highest BCUT2D eigenvalue weighted by molar-refractivity contribution is 6.42. The predicted molar refractivity (Wildman–Crippen MR) is 132 cm³/mol. The average molecular weight is 493 g/mol. The molecule has 4 fully saturated rings. The van der Waals surface area contributed by atoms with Gasteiger partial charge in [-0.1, -0.05) is 23.2 Å². The molecule has 3 aliphatic heterocycles. The summed E-state index contributed by atoms with van der Waals surface area (Å²) < 4.78 is 0. The van der Waals surface area contributed by atoms with Crippen LogP contribution in [0.5, 0.6) is 0 Å². The molecule has 4 aliphatic rings. The van der Waals surface area contributed by atoms with E-state index in [2.05, 4.69) is 15.1 Å². The minimum atomic E-state index is -0.477. The van der Waals surface area contributed by atoms with Crippen molar-refractivity contribution in [2.24, 2.45) is 5.41 Å².